The van der Waals surface area contributed by atoms with Gasteiger partial charge in [0.25, 0.3) is 0 Å². The van der Waals surface area contributed by atoms with Crippen molar-refractivity contribution in [2.75, 3.05) is 6.54 Å². The van der Waals surface area contributed by atoms with Gasteiger partial charge in [0.1, 0.15) is 11.8 Å². The monoisotopic (exact) mass is 284 g/mol. The van der Waals surface area contributed by atoms with Crippen LogP contribution in [0.15, 0.2) is 47.0 Å². The quantitative estimate of drug-likeness (QED) is 0.787. The minimum absolute atomic E-state index is 0.179. The first kappa shape index (κ1) is 13.8. The maximum Gasteiger partial charge on any atom is 0.169 e. The van der Waals surface area contributed by atoms with E-state index in [0.29, 0.717) is 11.3 Å². The summed E-state index contributed by atoms with van der Waals surface area (Å²) in [7, 11) is 0. The van der Waals surface area contributed by atoms with Crippen LogP contribution in [0, 0.1) is 12.7 Å². The Hall–Kier alpha value is -2.20. The van der Waals surface area contributed by atoms with Gasteiger partial charge in [-0.25, -0.2) is 4.39 Å². The van der Waals surface area contributed by atoms with Gasteiger partial charge in [0.2, 0.25) is 0 Å². The molecule has 4 heteroatoms. The van der Waals surface area contributed by atoms with Crippen molar-refractivity contribution in [1.29, 1.82) is 0 Å². The van der Waals surface area contributed by atoms with Gasteiger partial charge in [-0.2, -0.15) is 0 Å². The van der Waals surface area contributed by atoms with Gasteiger partial charge in [-0.3, -0.25) is 4.98 Å². The molecule has 108 valence electrons. The Kier molecular flexibility index (Phi) is 3.71. The van der Waals surface area contributed by atoms with Crippen LogP contribution in [0.2, 0.25) is 0 Å². The Morgan fingerprint density at radius 1 is 1.29 bits per heavy atom. The zero-order valence-corrected chi connectivity index (χ0v) is 12.1. The fourth-order valence-corrected chi connectivity index (χ4v) is 2.46. The van der Waals surface area contributed by atoms with Crippen LogP contribution in [0.25, 0.3) is 11.0 Å². The Labute approximate surface area is 122 Å². The fourth-order valence-electron chi connectivity index (χ4n) is 2.46. The van der Waals surface area contributed by atoms with Crippen molar-refractivity contribution in [3.8, 4) is 0 Å². The molecule has 1 N–H and O–H groups in total. The average molecular weight is 284 g/mol. The highest BCUT2D eigenvalue weighted by Gasteiger charge is 2.20. The normalized spacial score (nSPS) is 12.7. The van der Waals surface area contributed by atoms with Crippen molar-refractivity contribution in [2.45, 2.75) is 19.9 Å². The SMILES string of the molecule is CCNC(c1cc(C)ccn1)c1cc2cccc(F)c2o1. The maximum atomic E-state index is 13.8. The largest absolute Gasteiger partial charge is 0.456 e. The van der Waals surface area contributed by atoms with Crippen LogP contribution in [-0.2, 0) is 0 Å². The number of aromatic nitrogens is 1. The molecule has 0 saturated carbocycles. The van der Waals surface area contributed by atoms with Crippen LogP contribution < -0.4 is 5.32 Å². The van der Waals surface area contributed by atoms with E-state index in [9.17, 15) is 4.39 Å². The number of aryl methyl sites for hydroxylation is 1. The summed E-state index contributed by atoms with van der Waals surface area (Å²) in [5, 5.41) is 4.11. The van der Waals surface area contributed by atoms with Gasteiger partial charge < -0.3 is 9.73 Å². The molecule has 0 amide bonds. The molecule has 0 aliphatic heterocycles. The van der Waals surface area contributed by atoms with Crippen molar-refractivity contribution in [3.05, 3.63) is 65.4 Å². The van der Waals surface area contributed by atoms with E-state index in [0.717, 1.165) is 23.2 Å². The van der Waals surface area contributed by atoms with Crippen LogP contribution >= 0.6 is 0 Å². The second-order valence-electron chi connectivity index (χ2n) is 5.06. The molecule has 0 fully saturated rings. The van der Waals surface area contributed by atoms with Gasteiger partial charge in [-0.05, 0) is 43.3 Å². The lowest BCUT2D eigenvalue weighted by Gasteiger charge is -2.15. The highest BCUT2D eigenvalue weighted by molar-refractivity contribution is 5.78. The first-order chi connectivity index (χ1) is 10.2. The standard InChI is InChI=1S/C17H17FN2O/c1-3-19-16(14-9-11(2)7-8-20-14)15-10-12-5-4-6-13(18)17(12)21-15/h4-10,16,19H,3H2,1-2H3. The molecule has 0 spiro atoms. The van der Waals surface area contributed by atoms with Gasteiger partial charge >= 0.3 is 0 Å². The van der Waals surface area contributed by atoms with E-state index in [1.54, 1.807) is 12.3 Å². The smallest absolute Gasteiger partial charge is 0.169 e. The first-order valence-corrected chi connectivity index (χ1v) is 7.03. The van der Waals surface area contributed by atoms with Crippen LogP contribution in [-0.4, -0.2) is 11.5 Å². The van der Waals surface area contributed by atoms with Gasteiger partial charge in [-0.15, -0.1) is 0 Å². The van der Waals surface area contributed by atoms with Gasteiger partial charge in [0.15, 0.2) is 11.4 Å². The van der Waals surface area contributed by atoms with Gasteiger partial charge in [0.05, 0.1) is 5.69 Å². The van der Waals surface area contributed by atoms with Crippen LogP contribution in [0.4, 0.5) is 4.39 Å². The van der Waals surface area contributed by atoms with Crippen LogP contribution in [0.3, 0.4) is 0 Å². The Bertz CT molecular complexity index is 766. The number of nitrogens with one attached hydrogen (secondary N) is 1. The summed E-state index contributed by atoms with van der Waals surface area (Å²) in [4.78, 5) is 4.41. The molecular formula is C17H17FN2O. The van der Waals surface area contributed by atoms with Gasteiger partial charge in [-0.1, -0.05) is 19.1 Å². The van der Waals surface area contributed by atoms with Crippen molar-refractivity contribution in [1.82, 2.24) is 10.3 Å². The molecule has 0 aliphatic carbocycles. The van der Waals surface area contributed by atoms with E-state index in [-0.39, 0.29) is 11.9 Å². The number of furan rings is 1. The molecule has 0 saturated heterocycles. The number of pyridine rings is 1. The molecule has 21 heavy (non-hydrogen) atoms. The summed E-state index contributed by atoms with van der Waals surface area (Å²) in [6.45, 7) is 4.80. The number of nitrogens with zero attached hydrogens (tertiary/aromatic N) is 1. The molecule has 0 bridgehead atoms. The molecule has 1 atom stereocenters. The number of fused-ring (bicyclic) bond motifs is 1. The summed E-state index contributed by atoms with van der Waals surface area (Å²) >= 11 is 0. The molecule has 0 radical (unpaired) electrons. The number of halogens is 1. The summed E-state index contributed by atoms with van der Waals surface area (Å²) in [6, 6.07) is 10.6. The van der Waals surface area contributed by atoms with Crippen molar-refractivity contribution in [2.24, 2.45) is 0 Å². The maximum absolute atomic E-state index is 13.8. The third-order valence-corrected chi connectivity index (χ3v) is 3.44. The number of rotatable bonds is 4. The Balaban J connectivity index is 2.09. The lowest BCUT2D eigenvalue weighted by Crippen LogP contribution is -2.22. The summed E-state index contributed by atoms with van der Waals surface area (Å²) in [5.41, 5.74) is 2.30. The predicted molar refractivity (Wildman–Crippen MR) is 80.7 cm³/mol. The molecule has 3 aromatic rings. The summed E-state index contributed by atoms with van der Waals surface area (Å²) < 4.78 is 19.5. The van der Waals surface area contributed by atoms with E-state index < -0.39 is 0 Å². The number of para-hydroxylation sites is 1. The third-order valence-electron chi connectivity index (χ3n) is 3.44. The number of benzene rings is 1. The zero-order valence-electron chi connectivity index (χ0n) is 12.1. The fraction of sp³-hybridized carbons (Fsp3) is 0.235. The molecule has 0 aliphatic rings. The lowest BCUT2D eigenvalue weighted by atomic mass is 10.1. The Morgan fingerprint density at radius 3 is 2.86 bits per heavy atom. The Morgan fingerprint density at radius 2 is 2.14 bits per heavy atom. The molecule has 3 rings (SSSR count). The third kappa shape index (κ3) is 2.67. The summed E-state index contributed by atoms with van der Waals surface area (Å²) in [6.07, 6.45) is 1.78. The predicted octanol–water partition coefficient (Wildman–Crippen LogP) is 3.97. The molecule has 1 unspecified atom stereocenters. The van der Waals surface area contributed by atoms with Gasteiger partial charge in [0, 0.05) is 11.6 Å². The highest BCUT2D eigenvalue weighted by Crippen LogP contribution is 2.29. The van der Waals surface area contributed by atoms with Crippen molar-refractivity contribution >= 4 is 11.0 Å². The van der Waals surface area contributed by atoms with Crippen molar-refractivity contribution < 1.29 is 8.81 Å². The molecule has 3 nitrogen and oxygen atoms in total. The molecular weight excluding hydrogens is 267 g/mol. The van der Waals surface area contributed by atoms with Crippen LogP contribution in [0.1, 0.15) is 30.0 Å². The second-order valence-corrected chi connectivity index (χ2v) is 5.06. The highest BCUT2D eigenvalue weighted by atomic mass is 19.1. The molecule has 1 aromatic carbocycles. The first-order valence-electron chi connectivity index (χ1n) is 7.03. The van der Waals surface area contributed by atoms with E-state index >= 15 is 0 Å². The minimum atomic E-state index is -0.341. The molecule has 2 aromatic heterocycles. The summed E-state index contributed by atoms with van der Waals surface area (Å²) in [5.74, 6) is 0.334. The van der Waals surface area contributed by atoms with Crippen LogP contribution in [0.5, 0.6) is 0 Å². The van der Waals surface area contributed by atoms with E-state index in [1.807, 2.05) is 38.1 Å². The number of hydrogen-bond donors (Lipinski definition) is 1. The lowest BCUT2D eigenvalue weighted by molar-refractivity contribution is 0.460. The average Bonchev–Trinajstić information content (AvgIpc) is 2.90. The second kappa shape index (κ2) is 5.66. The zero-order chi connectivity index (χ0) is 14.8. The van der Waals surface area contributed by atoms with E-state index in [2.05, 4.69) is 10.3 Å². The van der Waals surface area contributed by atoms with E-state index in [4.69, 9.17) is 4.42 Å². The topological polar surface area (TPSA) is 38.1 Å². The van der Waals surface area contributed by atoms with Crippen molar-refractivity contribution in [3.63, 3.8) is 0 Å². The van der Waals surface area contributed by atoms with E-state index in [1.165, 1.54) is 6.07 Å². The minimum Gasteiger partial charge on any atom is -0.456 e. The number of hydrogen-bond acceptors (Lipinski definition) is 3. The molecule has 2 heterocycles.